The molecule has 0 bridgehead atoms. The van der Waals surface area contributed by atoms with Crippen molar-refractivity contribution in [1.29, 1.82) is 0 Å². The molecule has 4 rings (SSSR count). The number of carbonyl (C=O) groups excluding carboxylic acids is 2. The first-order chi connectivity index (χ1) is 16.9. The number of methoxy groups -OCH3 is 1. The van der Waals surface area contributed by atoms with Gasteiger partial charge in [-0.2, -0.15) is 13.2 Å². The van der Waals surface area contributed by atoms with Crippen molar-refractivity contribution in [2.75, 3.05) is 7.11 Å². The highest BCUT2D eigenvalue weighted by molar-refractivity contribution is 6.15. The van der Waals surface area contributed by atoms with E-state index < -0.39 is 29.2 Å². The minimum Gasteiger partial charge on any atom is -0.497 e. The molecule has 1 heterocycles. The fraction of sp³-hybridized carbons (Fsp3) is 0.214. The normalized spacial score (nSPS) is 12.0. The van der Waals surface area contributed by atoms with Crippen LogP contribution in [0.3, 0.4) is 0 Å². The number of aromatic nitrogens is 1. The maximum atomic E-state index is 13.7. The lowest BCUT2D eigenvalue weighted by atomic mass is 10.0. The van der Waals surface area contributed by atoms with Gasteiger partial charge in [-0.1, -0.05) is 36.4 Å². The number of alkyl halides is 3. The molecule has 0 N–H and O–H groups in total. The number of para-hydroxylation sites is 1. The van der Waals surface area contributed by atoms with Crippen LogP contribution < -0.4 is 4.74 Å². The number of rotatable bonds is 4. The van der Waals surface area contributed by atoms with E-state index in [9.17, 15) is 22.8 Å². The largest absolute Gasteiger partial charge is 0.497 e. The van der Waals surface area contributed by atoms with Crippen molar-refractivity contribution < 1.29 is 32.2 Å². The second-order valence-corrected chi connectivity index (χ2v) is 9.19. The molecule has 0 aliphatic rings. The highest BCUT2D eigenvalue weighted by Crippen LogP contribution is 2.38. The monoisotopic (exact) mass is 495 g/mol. The maximum absolute atomic E-state index is 13.7. The van der Waals surface area contributed by atoms with Gasteiger partial charge in [-0.15, -0.1) is 0 Å². The van der Waals surface area contributed by atoms with Crippen LogP contribution in [0.1, 0.15) is 47.2 Å². The average Bonchev–Trinajstić information content (AvgIpc) is 3.17. The predicted molar refractivity (Wildman–Crippen MR) is 130 cm³/mol. The summed E-state index contributed by atoms with van der Waals surface area (Å²) in [6.45, 7) is 5.08. The summed E-state index contributed by atoms with van der Waals surface area (Å²) in [6.07, 6.45) is -4.63. The summed E-state index contributed by atoms with van der Waals surface area (Å²) in [5.74, 6) is -0.955. The van der Waals surface area contributed by atoms with Gasteiger partial charge >= 0.3 is 12.1 Å². The van der Waals surface area contributed by atoms with Gasteiger partial charge in [-0.3, -0.25) is 9.36 Å². The molecule has 1 aromatic heterocycles. The number of carbonyl (C=O) groups is 2. The number of nitrogens with zero attached hydrogens (tertiary/aromatic N) is 1. The Morgan fingerprint density at radius 3 is 2.14 bits per heavy atom. The molecule has 0 saturated carbocycles. The van der Waals surface area contributed by atoms with Crippen LogP contribution in [-0.4, -0.2) is 29.2 Å². The first kappa shape index (κ1) is 25.0. The van der Waals surface area contributed by atoms with Crippen molar-refractivity contribution in [2.45, 2.75) is 32.5 Å². The van der Waals surface area contributed by atoms with Gasteiger partial charge in [0.05, 0.1) is 18.2 Å². The van der Waals surface area contributed by atoms with Crippen molar-refractivity contribution >= 4 is 22.8 Å². The van der Waals surface area contributed by atoms with Crippen molar-refractivity contribution in [3.63, 3.8) is 0 Å². The summed E-state index contributed by atoms with van der Waals surface area (Å²) in [6, 6.07) is 17.9. The number of benzene rings is 3. The van der Waals surface area contributed by atoms with Crippen LogP contribution in [0.2, 0.25) is 0 Å². The Labute approximate surface area is 206 Å². The molecule has 0 amide bonds. The van der Waals surface area contributed by atoms with E-state index in [4.69, 9.17) is 9.47 Å². The van der Waals surface area contributed by atoms with Gasteiger partial charge in [0.2, 0.25) is 0 Å². The predicted octanol–water partition coefficient (Wildman–Crippen LogP) is 6.98. The Kier molecular flexibility index (Phi) is 6.39. The van der Waals surface area contributed by atoms with Crippen LogP contribution in [0, 0.1) is 0 Å². The summed E-state index contributed by atoms with van der Waals surface area (Å²) < 4.78 is 52.1. The highest BCUT2D eigenvalue weighted by Gasteiger charge is 2.33. The summed E-state index contributed by atoms with van der Waals surface area (Å²) in [4.78, 5) is 27.3. The minimum atomic E-state index is -4.63. The van der Waals surface area contributed by atoms with Crippen LogP contribution in [0.5, 0.6) is 5.75 Å². The highest BCUT2D eigenvalue weighted by atomic mass is 19.4. The first-order valence-electron chi connectivity index (χ1n) is 11.1. The zero-order valence-corrected chi connectivity index (χ0v) is 20.1. The number of hydrogen-bond acceptors (Lipinski definition) is 4. The van der Waals surface area contributed by atoms with Crippen LogP contribution in [0.15, 0.2) is 72.8 Å². The molecule has 186 valence electrons. The molecule has 4 aromatic rings. The SMILES string of the molecule is COc1ccc(-c2c(C(=O)OC(C)(C)C)n(C(=O)c3cccc(C(F)(F)F)c3)c3ccccc23)cc1. The zero-order chi connectivity index (χ0) is 26.3. The van der Waals surface area contributed by atoms with Crippen LogP contribution in [0.4, 0.5) is 13.2 Å². The minimum absolute atomic E-state index is 0.0706. The fourth-order valence-electron chi connectivity index (χ4n) is 3.98. The van der Waals surface area contributed by atoms with Gasteiger partial charge in [0, 0.05) is 16.5 Å². The average molecular weight is 495 g/mol. The first-order valence-corrected chi connectivity index (χ1v) is 11.1. The molecular formula is C28H24F3NO4. The molecule has 3 aromatic carbocycles. The molecule has 0 atom stereocenters. The van der Waals surface area contributed by atoms with Gasteiger partial charge in [0.25, 0.3) is 5.91 Å². The summed E-state index contributed by atoms with van der Waals surface area (Å²) in [7, 11) is 1.53. The maximum Gasteiger partial charge on any atom is 0.416 e. The number of fused-ring (bicyclic) bond motifs is 1. The number of ether oxygens (including phenoxy) is 2. The van der Waals surface area contributed by atoms with Gasteiger partial charge < -0.3 is 9.47 Å². The van der Waals surface area contributed by atoms with Gasteiger partial charge in [0.15, 0.2) is 0 Å². The Balaban J connectivity index is 2.02. The Bertz CT molecular complexity index is 1440. The van der Waals surface area contributed by atoms with E-state index in [1.807, 2.05) is 0 Å². The van der Waals surface area contributed by atoms with E-state index in [2.05, 4.69) is 0 Å². The lowest BCUT2D eigenvalue weighted by molar-refractivity contribution is -0.137. The van der Waals surface area contributed by atoms with E-state index >= 15 is 0 Å². The molecule has 8 heteroatoms. The van der Waals surface area contributed by atoms with E-state index in [0.29, 0.717) is 27.8 Å². The van der Waals surface area contributed by atoms with Crippen molar-refractivity contribution in [2.24, 2.45) is 0 Å². The zero-order valence-electron chi connectivity index (χ0n) is 20.1. The second-order valence-electron chi connectivity index (χ2n) is 9.19. The van der Waals surface area contributed by atoms with Crippen LogP contribution in [0.25, 0.3) is 22.0 Å². The van der Waals surface area contributed by atoms with Crippen molar-refractivity contribution in [3.05, 3.63) is 89.6 Å². The lowest BCUT2D eigenvalue weighted by Gasteiger charge is -2.21. The molecule has 0 saturated heterocycles. The summed E-state index contributed by atoms with van der Waals surface area (Å²) in [5, 5.41) is 0.573. The lowest BCUT2D eigenvalue weighted by Crippen LogP contribution is -2.27. The number of halogens is 3. The van der Waals surface area contributed by atoms with E-state index in [1.165, 1.54) is 19.2 Å². The standard InChI is InChI=1S/C28H24F3NO4/c1-27(2,3)36-26(34)24-23(17-12-14-20(35-4)15-13-17)21-10-5-6-11-22(21)32(24)25(33)18-8-7-9-19(16-18)28(29,30)31/h5-16H,1-4H3. The number of hydrogen-bond donors (Lipinski definition) is 0. The molecule has 0 aliphatic heterocycles. The van der Waals surface area contributed by atoms with Crippen LogP contribution >= 0.6 is 0 Å². The molecule has 0 fully saturated rings. The Morgan fingerprint density at radius 1 is 0.861 bits per heavy atom. The van der Waals surface area contributed by atoms with E-state index in [-0.39, 0.29) is 11.3 Å². The third-order valence-electron chi connectivity index (χ3n) is 5.49. The molecule has 0 unspecified atom stereocenters. The molecule has 0 spiro atoms. The topological polar surface area (TPSA) is 57.5 Å². The fourth-order valence-corrected chi connectivity index (χ4v) is 3.98. The molecule has 36 heavy (non-hydrogen) atoms. The van der Waals surface area contributed by atoms with Gasteiger partial charge in [0.1, 0.15) is 17.0 Å². The number of esters is 1. The third kappa shape index (κ3) is 4.84. The molecule has 5 nitrogen and oxygen atoms in total. The van der Waals surface area contributed by atoms with E-state index in [0.717, 1.165) is 16.7 Å². The smallest absolute Gasteiger partial charge is 0.416 e. The van der Waals surface area contributed by atoms with Gasteiger partial charge in [-0.25, -0.2) is 4.79 Å². The van der Waals surface area contributed by atoms with Crippen LogP contribution in [-0.2, 0) is 10.9 Å². The van der Waals surface area contributed by atoms with Gasteiger partial charge in [-0.05, 0) is 62.7 Å². The quantitative estimate of drug-likeness (QED) is 0.287. The third-order valence-corrected chi connectivity index (χ3v) is 5.49. The Hall–Kier alpha value is -4.07. The summed E-state index contributed by atoms with van der Waals surface area (Å²) in [5.41, 5.74) is -0.707. The molecule has 0 aliphatic carbocycles. The van der Waals surface area contributed by atoms with E-state index in [1.54, 1.807) is 69.3 Å². The van der Waals surface area contributed by atoms with Crippen molar-refractivity contribution in [3.8, 4) is 16.9 Å². The Morgan fingerprint density at radius 2 is 1.53 bits per heavy atom. The molecule has 0 radical (unpaired) electrons. The summed E-state index contributed by atoms with van der Waals surface area (Å²) >= 11 is 0. The second kappa shape index (κ2) is 9.18. The molecular weight excluding hydrogens is 471 g/mol. The van der Waals surface area contributed by atoms with Crippen molar-refractivity contribution in [1.82, 2.24) is 4.57 Å².